The second-order valence-electron chi connectivity index (χ2n) is 5.96. The van der Waals surface area contributed by atoms with Crippen molar-refractivity contribution in [2.75, 3.05) is 6.26 Å². The molecule has 26 heavy (non-hydrogen) atoms. The van der Waals surface area contributed by atoms with E-state index in [2.05, 4.69) is 15.3 Å². The monoisotopic (exact) mass is 367 g/mol. The average molecular weight is 367 g/mol. The van der Waals surface area contributed by atoms with Gasteiger partial charge in [0, 0.05) is 27.5 Å². The van der Waals surface area contributed by atoms with Gasteiger partial charge in [-0.05, 0) is 36.2 Å². The molecule has 0 bridgehead atoms. The highest BCUT2D eigenvalue weighted by Crippen LogP contribution is 2.21. The molecular formula is C20H21N3O2S. The van der Waals surface area contributed by atoms with Crippen molar-refractivity contribution in [3.63, 3.8) is 0 Å². The van der Waals surface area contributed by atoms with Gasteiger partial charge < -0.3 is 10.3 Å². The van der Waals surface area contributed by atoms with E-state index in [9.17, 15) is 9.00 Å². The summed E-state index contributed by atoms with van der Waals surface area (Å²) in [6.07, 6.45) is 4.11. The van der Waals surface area contributed by atoms with Crippen LogP contribution in [0.25, 0.3) is 11.3 Å². The summed E-state index contributed by atoms with van der Waals surface area (Å²) in [7, 11) is -1.05. The number of hydrogen-bond acceptors (Lipinski definition) is 3. The summed E-state index contributed by atoms with van der Waals surface area (Å²) in [6, 6.07) is 16.5. The molecule has 2 atom stereocenters. The average Bonchev–Trinajstić information content (AvgIpc) is 3.16. The van der Waals surface area contributed by atoms with Crippen molar-refractivity contribution in [2.24, 2.45) is 0 Å². The fourth-order valence-corrected chi connectivity index (χ4v) is 3.20. The number of carbonyl (C=O) groups is 1. The van der Waals surface area contributed by atoms with Gasteiger partial charge in [-0.25, -0.2) is 4.98 Å². The van der Waals surface area contributed by atoms with Gasteiger partial charge >= 0.3 is 0 Å². The molecule has 2 N–H and O–H groups in total. The van der Waals surface area contributed by atoms with Gasteiger partial charge in [0.25, 0.3) is 5.91 Å². The van der Waals surface area contributed by atoms with E-state index in [0.29, 0.717) is 16.9 Å². The highest BCUT2D eigenvalue weighted by Gasteiger charge is 2.17. The van der Waals surface area contributed by atoms with E-state index in [1.807, 2.05) is 37.3 Å². The Kier molecular flexibility index (Phi) is 5.63. The molecule has 3 rings (SSSR count). The zero-order chi connectivity index (χ0) is 18.5. The van der Waals surface area contributed by atoms with E-state index in [0.717, 1.165) is 17.1 Å². The molecule has 0 fully saturated rings. The van der Waals surface area contributed by atoms with E-state index >= 15 is 0 Å². The molecule has 1 amide bonds. The molecule has 0 saturated carbocycles. The van der Waals surface area contributed by atoms with Gasteiger partial charge in [0.15, 0.2) is 0 Å². The number of H-pyrrole nitrogens is 1. The van der Waals surface area contributed by atoms with Crippen LogP contribution in [0.4, 0.5) is 0 Å². The maximum absolute atomic E-state index is 12.5. The third-order valence-corrected chi connectivity index (χ3v) is 5.11. The predicted octanol–water partition coefficient (Wildman–Crippen LogP) is 3.70. The van der Waals surface area contributed by atoms with E-state index < -0.39 is 10.8 Å². The van der Waals surface area contributed by atoms with Crippen molar-refractivity contribution in [1.29, 1.82) is 0 Å². The van der Waals surface area contributed by atoms with Gasteiger partial charge in [-0.1, -0.05) is 37.3 Å². The Balaban J connectivity index is 1.74. The number of amides is 1. The first-order chi connectivity index (χ1) is 12.6. The third-order valence-electron chi connectivity index (χ3n) is 4.17. The topological polar surface area (TPSA) is 74.8 Å². The second kappa shape index (κ2) is 8.10. The number of carbonyl (C=O) groups excluding carboxylic acids is 1. The standard InChI is InChI=1S/C20H21N3O2S/c1-3-17(19-21-13-18(22-19)14-7-5-4-6-8-14)23-20(24)15-9-11-16(12-10-15)26(2)25/h4-13,17H,3H2,1-2H3,(H,21,22)(H,23,24)/t17-,26-/m0/s1. The number of nitrogens with zero attached hydrogens (tertiary/aromatic N) is 1. The molecule has 6 heteroatoms. The SMILES string of the molecule is CC[C@H](NC(=O)c1ccc([S@](C)=O)cc1)c1ncc(-c2ccccc2)[nH]1. The molecule has 0 aliphatic rings. The van der Waals surface area contributed by atoms with Gasteiger partial charge in [0.1, 0.15) is 5.82 Å². The fraction of sp³-hybridized carbons (Fsp3) is 0.200. The van der Waals surface area contributed by atoms with Crippen LogP contribution in [0.5, 0.6) is 0 Å². The van der Waals surface area contributed by atoms with Gasteiger partial charge in [0.05, 0.1) is 17.9 Å². The van der Waals surface area contributed by atoms with Crippen LogP contribution in [0, 0.1) is 0 Å². The fourth-order valence-electron chi connectivity index (χ4n) is 2.68. The Labute approximate surface area is 155 Å². The van der Waals surface area contributed by atoms with Gasteiger partial charge in [-0.3, -0.25) is 9.00 Å². The Morgan fingerprint density at radius 2 is 1.85 bits per heavy atom. The first-order valence-electron chi connectivity index (χ1n) is 8.43. The van der Waals surface area contributed by atoms with Crippen LogP contribution in [0.2, 0.25) is 0 Å². The lowest BCUT2D eigenvalue weighted by Gasteiger charge is -2.15. The number of rotatable bonds is 6. The molecule has 0 saturated heterocycles. The Hall–Kier alpha value is -2.73. The predicted molar refractivity (Wildman–Crippen MR) is 103 cm³/mol. The molecule has 5 nitrogen and oxygen atoms in total. The van der Waals surface area contributed by atoms with Crippen molar-refractivity contribution in [2.45, 2.75) is 24.3 Å². The number of nitrogens with one attached hydrogen (secondary N) is 2. The summed E-state index contributed by atoms with van der Waals surface area (Å²) in [5.74, 6) is 0.550. The van der Waals surface area contributed by atoms with Crippen LogP contribution in [-0.2, 0) is 10.8 Å². The molecular weight excluding hydrogens is 346 g/mol. The first-order valence-corrected chi connectivity index (χ1v) is 9.99. The minimum Gasteiger partial charge on any atom is -0.342 e. The summed E-state index contributed by atoms with van der Waals surface area (Å²) in [4.78, 5) is 21.0. The van der Waals surface area contributed by atoms with Gasteiger partial charge in [0.2, 0.25) is 0 Å². The van der Waals surface area contributed by atoms with E-state index in [1.165, 1.54) is 0 Å². The smallest absolute Gasteiger partial charge is 0.251 e. The maximum Gasteiger partial charge on any atom is 0.251 e. The minimum absolute atomic E-state index is 0.178. The summed E-state index contributed by atoms with van der Waals surface area (Å²) < 4.78 is 11.5. The van der Waals surface area contributed by atoms with E-state index in [1.54, 1.807) is 36.7 Å². The highest BCUT2D eigenvalue weighted by molar-refractivity contribution is 7.84. The van der Waals surface area contributed by atoms with Crippen molar-refractivity contribution < 1.29 is 9.00 Å². The lowest BCUT2D eigenvalue weighted by Crippen LogP contribution is -2.28. The number of benzene rings is 2. The van der Waals surface area contributed by atoms with E-state index in [-0.39, 0.29) is 11.9 Å². The van der Waals surface area contributed by atoms with Crippen molar-refractivity contribution in [3.05, 3.63) is 72.2 Å². The quantitative estimate of drug-likeness (QED) is 0.698. The molecule has 0 unspecified atom stereocenters. The number of aromatic amines is 1. The van der Waals surface area contributed by atoms with Crippen LogP contribution >= 0.6 is 0 Å². The second-order valence-corrected chi connectivity index (χ2v) is 7.34. The first kappa shape index (κ1) is 18.1. The Bertz CT molecular complexity index is 904. The third kappa shape index (κ3) is 4.08. The van der Waals surface area contributed by atoms with Crippen LogP contribution in [-0.4, -0.2) is 26.3 Å². The molecule has 0 spiro atoms. The molecule has 2 aromatic carbocycles. The number of hydrogen-bond donors (Lipinski definition) is 2. The van der Waals surface area contributed by atoms with Crippen molar-refractivity contribution in [1.82, 2.24) is 15.3 Å². The molecule has 0 aliphatic carbocycles. The summed E-state index contributed by atoms with van der Waals surface area (Å²) in [5.41, 5.74) is 2.51. The van der Waals surface area contributed by atoms with Crippen molar-refractivity contribution in [3.8, 4) is 11.3 Å². The zero-order valence-corrected chi connectivity index (χ0v) is 15.5. The minimum atomic E-state index is -1.05. The highest BCUT2D eigenvalue weighted by atomic mass is 32.2. The summed E-state index contributed by atoms with van der Waals surface area (Å²) >= 11 is 0. The van der Waals surface area contributed by atoms with Gasteiger partial charge in [-0.15, -0.1) is 0 Å². The lowest BCUT2D eigenvalue weighted by molar-refractivity contribution is 0.0934. The largest absolute Gasteiger partial charge is 0.342 e. The van der Waals surface area contributed by atoms with Crippen LogP contribution in [0.15, 0.2) is 65.7 Å². The summed E-state index contributed by atoms with van der Waals surface area (Å²) in [5, 5.41) is 3.00. The molecule has 1 heterocycles. The Morgan fingerprint density at radius 3 is 2.46 bits per heavy atom. The van der Waals surface area contributed by atoms with E-state index in [4.69, 9.17) is 0 Å². The van der Waals surface area contributed by atoms with Crippen LogP contribution in [0.1, 0.15) is 35.6 Å². The molecule has 0 radical (unpaired) electrons. The lowest BCUT2D eigenvalue weighted by atomic mass is 10.1. The number of imidazole rings is 1. The van der Waals surface area contributed by atoms with Crippen LogP contribution in [0.3, 0.4) is 0 Å². The van der Waals surface area contributed by atoms with Crippen molar-refractivity contribution >= 4 is 16.7 Å². The molecule has 1 aromatic heterocycles. The maximum atomic E-state index is 12.5. The molecule has 0 aliphatic heterocycles. The number of aromatic nitrogens is 2. The Morgan fingerprint density at radius 1 is 1.15 bits per heavy atom. The zero-order valence-electron chi connectivity index (χ0n) is 14.7. The van der Waals surface area contributed by atoms with Gasteiger partial charge in [-0.2, -0.15) is 0 Å². The normalized spacial score (nSPS) is 13.2. The summed E-state index contributed by atoms with van der Waals surface area (Å²) in [6.45, 7) is 2.00. The van der Waals surface area contributed by atoms with Crippen LogP contribution < -0.4 is 5.32 Å². The molecule has 134 valence electrons. The molecule has 3 aromatic rings.